The molecule has 8 nitrogen and oxygen atoms in total. The van der Waals surface area contributed by atoms with Gasteiger partial charge in [0.15, 0.2) is 6.61 Å². The first kappa shape index (κ1) is 12.9. The number of carbonyl (C=O) groups excluding carboxylic acids is 3. The summed E-state index contributed by atoms with van der Waals surface area (Å²) in [4.78, 5) is 33.3. The van der Waals surface area contributed by atoms with Crippen LogP contribution in [0, 0.1) is 0 Å². The highest BCUT2D eigenvalue weighted by molar-refractivity contribution is 5.96. The van der Waals surface area contributed by atoms with E-state index in [0.29, 0.717) is 11.4 Å². The minimum atomic E-state index is -0.994. The third kappa shape index (κ3) is 3.24. The quantitative estimate of drug-likeness (QED) is 0.647. The van der Waals surface area contributed by atoms with Crippen molar-refractivity contribution >= 4 is 23.6 Å². The average molecular weight is 266 g/mol. The number of imide groups is 1. The van der Waals surface area contributed by atoms with Gasteiger partial charge in [-0.3, -0.25) is 10.1 Å². The first-order valence-corrected chi connectivity index (χ1v) is 5.71. The molecule has 0 spiro atoms. The minimum absolute atomic E-state index is 0.263. The van der Waals surface area contributed by atoms with Crippen LogP contribution in [0.25, 0.3) is 0 Å². The molecular formula is C11H14N4O4. The number of hydrogen-bond donors (Lipinski definition) is 3. The van der Waals surface area contributed by atoms with E-state index in [1.165, 1.54) is 6.07 Å². The van der Waals surface area contributed by atoms with Crippen LogP contribution in [0.2, 0.25) is 0 Å². The van der Waals surface area contributed by atoms with Crippen molar-refractivity contribution in [1.29, 1.82) is 0 Å². The molecule has 0 bridgehead atoms. The number of nitrogen functional groups attached to an aromatic ring is 1. The molecule has 1 aromatic rings. The van der Waals surface area contributed by atoms with Gasteiger partial charge in [0.25, 0.3) is 5.91 Å². The van der Waals surface area contributed by atoms with Gasteiger partial charge in [-0.2, -0.15) is 0 Å². The number of nitrogens with one attached hydrogen (secondary N) is 1. The molecule has 2 rings (SSSR count). The van der Waals surface area contributed by atoms with Crippen molar-refractivity contribution in [1.82, 2.24) is 9.88 Å². The van der Waals surface area contributed by atoms with Crippen LogP contribution >= 0.6 is 0 Å². The fraction of sp³-hybridized carbons (Fsp3) is 0.364. The number of nitrogens with two attached hydrogens (primary N) is 2. The van der Waals surface area contributed by atoms with E-state index in [4.69, 9.17) is 16.2 Å². The van der Waals surface area contributed by atoms with Crippen LogP contribution in [0.15, 0.2) is 12.3 Å². The predicted octanol–water partition coefficient (Wildman–Crippen LogP) is -0.243. The molecule has 1 saturated carbocycles. The normalized spacial score (nSPS) is 13.9. The maximum atomic E-state index is 11.8. The molecular weight excluding hydrogens is 252 g/mol. The van der Waals surface area contributed by atoms with Crippen molar-refractivity contribution in [2.75, 3.05) is 12.3 Å². The summed E-state index contributed by atoms with van der Waals surface area (Å²) in [6, 6.07) is 0.762. The molecule has 0 aliphatic heterocycles. The van der Waals surface area contributed by atoms with Crippen LogP contribution in [0.4, 0.5) is 10.5 Å². The number of urea groups is 1. The molecule has 8 heteroatoms. The van der Waals surface area contributed by atoms with Gasteiger partial charge in [0.05, 0.1) is 5.69 Å². The SMILES string of the molecule is NC(=O)NC(=O)COC(=O)c1cc(N)cn1C1CC1. The summed E-state index contributed by atoms with van der Waals surface area (Å²) in [6.07, 6.45) is 3.63. The van der Waals surface area contributed by atoms with Crippen molar-refractivity contribution in [2.45, 2.75) is 18.9 Å². The number of carbonyl (C=O) groups is 3. The highest BCUT2D eigenvalue weighted by Crippen LogP contribution is 2.37. The Morgan fingerprint density at radius 1 is 1.42 bits per heavy atom. The summed E-state index contributed by atoms with van der Waals surface area (Å²) in [7, 11) is 0. The Hall–Kier alpha value is -2.51. The third-order valence-electron chi connectivity index (χ3n) is 2.62. The van der Waals surface area contributed by atoms with E-state index in [9.17, 15) is 14.4 Å². The molecule has 0 radical (unpaired) electrons. The van der Waals surface area contributed by atoms with Crippen molar-refractivity contribution < 1.29 is 19.1 Å². The second-order valence-electron chi connectivity index (χ2n) is 4.29. The van der Waals surface area contributed by atoms with Crippen LogP contribution in [-0.2, 0) is 9.53 Å². The van der Waals surface area contributed by atoms with Crippen LogP contribution in [0.1, 0.15) is 29.4 Å². The second kappa shape index (κ2) is 5.01. The Labute approximate surface area is 108 Å². The number of primary amides is 1. The second-order valence-corrected chi connectivity index (χ2v) is 4.29. The largest absolute Gasteiger partial charge is 0.451 e. The maximum Gasteiger partial charge on any atom is 0.355 e. The topological polar surface area (TPSA) is 129 Å². The fourth-order valence-electron chi connectivity index (χ4n) is 1.70. The Morgan fingerprint density at radius 2 is 2.11 bits per heavy atom. The number of rotatable bonds is 4. The lowest BCUT2D eigenvalue weighted by atomic mass is 10.4. The van der Waals surface area contributed by atoms with Crippen LogP contribution in [0.3, 0.4) is 0 Å². The van der Waals surface area contributed by atoms with Gasteiger partial charge in [-0.25, -0.2) is 9.59 Å². The number of amides is 3. The summed E-state index contributed by atoms with van der Waals surface area (Å²) in [5.74, 6) is -1.44. The van der Waals surface area contributed by atoms with Gasteiger partial charge in [0, 0.05) is 12.2 Å². The molecule has 102 valence electrons. The third-order valence-corrected chi connectivity index (χ3v) is 2.62. The van der Waals surface area contributed by atoms with E-state index >= 15 is 0 Å². The predicted molar refractivity (Wildman–Crippen MR) is 65.1 cm³/mol. The van der Waals surface area contributed by atoms with E-state index < -0.39 is 24.5 Å². The summed E-state index contributed by atoms with van der Waals surface area (Å²) < 4.78 is 6.53. The first-order valence-electron chi connectivity index (χ1n) is 5.71. The van der Waals surface area contributed by atoms with Crippen LogP contribution in [-0.4, -0.2) is 29.1 Å². The highest BCUT2D eigenvalue weighted by Gasteiger charge is 2.28. The zero-order chi connectivity index (χ0) is 14.0. The van der Waals surface area contributed by atoms with Crippen LogP contribution in [0.5, 0.6) is 0 Å². The van der Waals surface area contributed by atoms with E-state index in [0.717, 1.165) is 12.8 Å². The van der Waals surface area contributed by atoms with Crippen LogP contribution < -0.4 is 16.8 Å². The Morgan fingerprint density at radius 3 is 2.68 bits per heavy atom. The zero-order valence-electron chi connectivity index (χ0n) is 10.1. The summed E-state index contributed by atoms with van der Waals surface area (Å²) in [6.45, 7) is -0.572. The van der Waals surface area contributed by atoms with Crippen molar-refractivity contribution in [3.05, 3.63) is 18.0 Å². The maximum absolute atomic E-state index is 11.8. The number of ether oxygens (including phenoxy) is 1. The monoisotopic (exact) mass is 266 g/mol. The van der Waals surface area contributed by atoms with E-state index in [-0.39, 0.29) is 6.04 Å². The summed E-state index contributed by atoms with van der Waals surface area (Å²) in [5.41, 5.74) is 11.1. The molecule has 0 aromatic carbocycles. The molecule has 3 amide bonds. The molecule has 1 aliphatic rings. The van der Waals surface area contributed by atoms with E-state index in [1.54, 1.807) is 16.1 Å². The molecule has 19 heavy (non-hydrogen) atoms. The Balaban J connectivity index is 1.96. The van der Waals surface area contributed by atoms with Gasteiger partial charge in [-0.1, -0.05) is 0 Å². The van der Waals surface area contributed by atoms with E-state index in [1.807, 2.05) is 0 Å². The number of aromatic nitrogens is 1. The zero-order valence-corrected chi connectivity index (χ0v) is 10.1. The van der Waals surface area contributed by atoms with E-state index in [2.05, 4.69) is 0 Å². The number of esters is 1. The first-order chi connectivity index (χ1) is 8.97. The number of anilines is 1. The van der Waals surface area contributed by atoms with Gasteiger partial charge < -0.3 is 20.8 Å². The molecule has 1 heterocycles. The molecule has 0 atom stereocenters. The molecule has 1 aliphatic carbocycles. The van der Waals surface area contributed by atoms with Gasteiger partial charge in [-0.05, 0) is 18.9 Å². The number of nitrogens with zero attached hydrogens (tertiary/aromatic N) is 1. The molecule has 1 aromatic heterocycles. The highest BCUT2D eigenvalue weighted by atomic mass is 16.5. The Bertz CT molecular complexity index is 533. The minimum Gasteiger partial charge on any atom is -0.451 e. The lowest BCUT2D eigenvalue weighted by Crippen LogP contribution is -2.37. The van der Waals surface area contributed by atoms with Crippen molar-refractivity contribution in [3.8, 4) is 0 Å². The summed E-state index contributed by atoms with van der Waals surface area (Å²) >= 11 is 0. The lowest BCUT2D eigenvalue weighted by Gasteiger charge is -2.07. The molecule has 1 fully saturated rings. The molecule has 0 saturated heterocycles. The smallest absolute Gasteiger partial charge is 0.355 e. The Kier molecular flexibility index (Phi) is 3.41. The number of hydrogen-bond acceptors (Lipinski definition) is 5. The fourth-order valence-corrected chi connectivity index (χ4v) is 1.70. The lowest BCUT2D eigenvalue weighted by molar-refractivity contribution is -0.123. The molecule has 0 unspecified atom stereocenters. The average Bonchev–Trinajstić information content (AvgIpc) is 3.08. The van der Waals surface area contributed by atoms with Gasteiger partial charge in [-0.15, -0.1) is 0 Å². The van der Waals surface area contributed by atoms with Crippen molar-refractivity contribution in [3.63, 3.8) is 0 Å². The summed E-state index contributed by atoms with van der Waals surface area (Å²) in [5, 5.41) is 1.80. The van der Waals surface area contributed by atoms with Crippen molar-refractivity contribution in [2.24, 2.45) is 5.73 Å². The molecule has 5 N–H and O–H groups in total. The van der Waals surface area contributed by atoms with Gasteiger partial charge >= 0.3 is 12.0 Å². The van der Waals surface area contributed by atoms with Gasteiger partial charge in [0.1, 0.15) is 5.69 Å². The standard InChI is InChI=1S/C11H14N4O4/c12-6-3-8(15(4-6)7-1-2-7)10(17)19-5-9(16)14-11(13)18/h3-4,7H,1-2,5,12H2,(H3,13,14,16,18). The van der Waals surface area contributed by atoms with Gasteiger partial charge in [0.2, 0.25) is 0 Å².